The highest BCUT2D eigenvalue weighted by Gasteiger charge is 2.27. The zero-order valence-corrected chi connectivity index (χ0v) is 11.4. The van der Waals surface area contributed by atoms with Gasteiger partial charge in [-0.25, -0.2) is 8.78 Å². The molecule has 1 heterocycles. The van der Waals surface area contributed by atoms with E-state index in [-0.39, 0.29) is 18.1 Å². The molecule has 0 bridgehead atoms. The maximum Gasteiger partial charge on any atom is 0.285 e. The Balaban J connectivity index is 0.00000400. The zero-order valence-electron chi connectivity index (χ0n) is 10.6. The van der Waals surface area contributed by atoms with Crippen LogP contribution in [0, 0.1) is 10.1 Å². The molecular formula is C10H13ClF2N4O4. The minimum absolute atomic E-state index is 0. The van der Waals surface area contributed by atoms with Crippen LogP contribution in [0.5, 0.6) is 0 Å². The van der Waals surface area contributed by atoms with Gasteiger partial charge in [-0.05, 0) is 0 Å². The first-order valence-corrected chi connectivity index (χ1v) is 5.44. The fourth-order valence-corrected chi connectivity index (χ4v) is 1.26. The molecule has 0 aliphatic heterocycles. The van der Waals surface area contributed by atoms with E-state index in [1.807, 2.05) is 5.32 Å². The average molecular weight is 327 g/mol. The van der Waals surface area contributed by atoms with Crippen molar-refractivity contribution in [1.82, 2.24) is 9.88 Å². The predicted octanol–water partition coefficient (Wildman–Crippen LogP) is -0.112. The fraction of sp³-hybridized carbons (Fsp3) is 0.400. The number of nitro groups is 1. The SMILES string of the molecule is Cl.NCC(F)(F)CNC(=O)Cn1cc([N+](=O)[O-])ccc1=O. The molecule has 11 heteroatoms. The van der Waals surface area contributed by atoms with Gasteiger partial charge >= 0.3 is 0 Å². The number of nitrogens with zero attached hydrogens (tertiary/aromatic N) is 2. The Morgan fingerprint density at radius 3 is 2.62 bits per heavy atom. The van der Waals surface area contributed by atoms with E-state index in [0.29, 0.717) is 0 Å². The molecule has 0 fully saturated rings. The van der Waals surface area contributed by atoms with Gasteiger partial charge in [0.05, 0.1) is 24.2 Å². The Labute approximate surface area is 123 Å². The minimum atomic E-state index is -3.25. The summed E-state index contributed by atoms with van der Waals surface area (Å²) < 4.78 is 26.4. The number of aromatic nitrogens is 1. The maximum atomic E-state index is 12.8. The summed E-state index contributed by atoms with van der Waals surface area (Å²) in [6.07, 6.45) is 0.864. The van der Waals surface area contributed by atoms with E-state index in [9.17, 15) is 28.5 Å². The zero-order chi connectivity index (χ0) is 15.3. The van der Waals surface area contributed by atoms with Crippen molar-refractivity contribution < 1.29 is 18.5 Å². The summed E-state index contributed by atoms with van der Waals surface area (Å²) in [5, 5.41) is 12.4. The topological polar surface area (TPSA) is 120 Å². The highest BCUT2D eigenvalue weighted by atomic mass is 35.5. The van der Waals surface area contributed by atoms with Gasteiger partial charge in [0.1, 0.15) is 6.54 Å². The van der Waals surface area contributed by atoms with Crippen molar-refractivity contribution in [1.29, 1.82) is 0 Å². The Morgan fingerprint density at radius 1 is 1.48 bits per heavy atom. The van der Waals surface area contributed by atoms with Crippen molar-refractivity contribution in [3.8, 4) is 0 Å². The second-order valence-electron chi connectivity index (χ2n) is 3.95. The van der Waals surface area contributed by atoms with E-state index in [0.717, 1.165) is 22.9 Å². The molecular weight excluding hydrogens is 314 g/mol. The number of nitrogens with one attached hydrogen (secondary N) is 1. The van der Waals surface area contributed by atoms with Crippen molar-refractivity contribution in [3.63, 3.8) is 0 Å². The van der Waals surface area contributed by atoms with E-state index >= 15 is 0 Å². The van der Waals surface area contributed by atoms with Crippen LogP contribution < -0.4 is 16.6 Å². The minimum Gasteiger partial charge on any atom is -0.348 e. The highest BCUT2D eigenvalue weighted by Crippen LogP contribution is 2.09. The number of alkyl halides is 2. The molecule has 1 amide bonds. The monoisotopic (exact) mass is 326 g/mol. The summed E-state index contributed by atoms with van der Waals surface area (Å²) in [6.45, 7) is -2.49. The molecule has 1 aromatic heterocycles. The van der Waals surface area contributed by atoms with E-state index < -0.39 is 41.9 Å². The standard InChI is InChI=1S/C10H12F2N4O4.ClH/c11-10(12,5-13)6-14-8(17)4-15-3-7(16(19)20)1-2-9(15)18;/h1-3H,4-6,13H2,(H,14,17);1H. The molecule has 118 valence electrons. The second-order valence-corrected chi connectivity index (χ2v) is 3.95. The molecule has 0 radical (unpaired) electrons. The number of hydrogen-bond donors (Lipinski definition) is 2. The molecule has 0 spiro atoms. The van der Waals surface area contributed by atoms with Gasteiger partial charge in [-0.1, -0.05) is 0 Å². The normalized spacial score (nSPS) is 10.6. The third-order valence-electron chi connectivity index (χ3n) is 2.34. The third kappa shape index (κ3) is 5.83. The summed E-state index contributed by atoms with van der Waals surface area (Å²) in [5.41, 5.74) is 3.75. The number of hydrogen-bond acceptors (Lipinski definition) is 5. The van der Waals surface area contributed by atoms with Gasteiger partial charge in [-0.2, -0.15) is 0 Å². The summed E-state index contributed by atoms with van der Waals surface area (Å²) in [4.78, 5) is 32.6. The van der Waals surface area contributed by atoms with Crippen LogP contribution in [0.4, 0.5) is 14.5 Å². The molecule has 0 saturated heterocycles. The van der Waals surface area contributed by atoms with E-state index in [4.69, 9.17) is 5.73 Å². The molecule has 1 rings (SSSR count). The van der Waals surface area contributed by atoms with E-state index in [1.165, 1.54) is 0 Å². The summed E-state index contributed by atoms with van der Waals surface area (Å²) in [5.74, 6) is -4.12. The lowest BCUT2D eigenvalue weighted by Crippen LogP contribution is -2.43. The number of amides is 1. The quantitative estimate of drug-likeness (QED) is 0.558. The molecule has 0 saturated carbocycles. The molecule has 21 heavy (non-hydrogen) atoms. The van der Waals surface area contributed by atoms with Gasteiger partial charge in [0.15, 0.2) is 0 Å². The van der Waals surface area contributed by atoms with Gasteiger partial charge in [-0.15, -0.1) is 12.4 Å². The molecule has 1 aromatic rings. The molecule has 0 unspecified atom stereocenters. The van der Waals surface area contributed by atoms with Crippen LogP contribution in [0.25, 0.3) is 0 Å². The van der Waals surface area contributed by atoms with Crippen molar-refractivity contribution in [3.05, 3.63) is 38.8 Å². The molecule has 3 N–H and O–H groups in total. The Kier molecular flexibility index (Phi) is 6.89. The number of nitrogens with two attached hydrogens (primary N) is 1. The molecule has 8 nitrogen and oxygen atoms in total. The largest absolute Gasteiger partial charge is 0.348 e. The Hall–Kier alpha value is -2.07. The van der Waals surface area contributed by atoms with Crippen molar-refractivity contribution in [2.75, 3.05) is 13.1 Å². The molecule has 0 aromatic carbocycles. The number of pyridine rings is 1. The summed E-state index contributed by atoms with van der Waals surface area (Å²) in [6, 6.07) is 1.90. The summed E-state index contributed by atoms with van der Waals surface area (Å²) in [7, 11) is 0. The van der Waals surface area contributed by atoms with E-state index in [2.05, 4.69) is 0 Å². The van der Waals surface area contributed by atoms with Gasteiger partial charge in [0.25, 0.3) is 17.2 Å². The molecule has 0 atom stereocenters. The predicted molar refractivity (Wildman–Crippen MR) is 71.6 cm³/mol. The third-order valence-corrected chi connectivity index (χ3v) is 2.34. The lowest BCUT2D eigenvalue weighted by atomic mass is 10.3. The van der Waals surface area contributed by atoms with Crippen molar-refractivity contribution in [2.45, 2.75) is 12.5 Å². The van der Waals surface area contributed by atoms with Gasteiger partial charge in [0.2, 0.25) is 5.91 Å². The first-order chi connectivity index (χ1) is 9.25. The highest BCUT2D eigenvalue weighted by molar-refractivity contribution is 5.85. The fourth-order valence-electron chi connectivity index (χ4n) is 1.26. The maximum absolute atomic E-state index is 12.8. The van der Waals surface area contributed by atoms with Crippen LogP contribution in [0.2, 0.25) is 0 Å². The number of carbonyl (C=O) groups is 1. The molecule has 0 aliphatic rings. The van der Waals surface area contributed by atoms with Gasteiger partial charge in [-0.3, -0.25) is 24.3 Å². The Bertz CT molecular complexity index is 578. The molecule has 0 aliphatic carbocycles. The number of rotatable bonds is 6. The second kappa shape index (κ2) is 7.64. The number of halogens is 3. The first kappa shape index (κ1) is 18.9. The van der Waals surface area contributed by atoms with Crippen LogP contribution in [0.15, 0.2) is 23.1 Å². The number of carbonyl (C=O) groups excluding carboxylic acids is 1. The Morgan fingerprint density at radius 2 is 2.10 bits per heavy atom. The van der Waals surface area contributed by atoms with Crippen LogP contribution in [-0.4, -0.2) is 34.4 Å². The lowest BCUT2D eigenvalue weighted by Gasteiger charge is -2.14. The van der Waals surface area contributed by atoms with Crippen LogP contribution in [-0.2, 0) is 11.3 Å². The van der Waals surface area contributed by atoms with Crippen LogP contribution >= 0.6 is 12.4 Å². The van der Waals surface area contributed by atoms with Crippen LogP contribution in [0.3, 0.4) is 0 Å². The summed E-state index contributed by atoms with van der Waals surface area (Å²) >= 11 is 0. The average Bonchev–Trinajstić information content (AvgIpc) is 2.39. The lowest BCUT2D eigenvalue weighted by molar-refractivity contribution is -0.385. The first-order valence-electron chi connectivity index (χ1n) is 5.44. The van der Waals surface area contributed by atoms with Crippen LogP contribution in [0.1, 0.15) is 0 Å². The van der Waals surface area contributed by atoms with Crippen molar-refractivity contribution in [2.24, 2.45) is 5.73 Å². The van der Waals surface area contributed by atoms with Crippen molar-refractivity contribution >= 4 is 24.0 Å². The van der Waals surface area contributed by atoms with E-state index in [1.54, 1.807) is 0 Å². The van der Waals surface area contributed by atoms with Gasteiger partial charge in [0, 0.05) is 12.1 Å². The smallest absolute Gasteiger partial charge is 0.285 e. The van der Waals surface area contributed by atoms with Gasteiger partial charge < -0.3 is 11.1 Å².